The smallest absolute Gasteiger partial charge is 0.259 e. The van der Waals surface area contributed by atoms with Crippen molar-refractivity contribution in [1.82, 2.24) is 10.3 Å². The van der Waals surface area contributed by atoms with Gasteiger partial charge in [0.1, 0.15) is 0 Å². The van der Waals surface area contributed by atoms with E-state index in [0.717, 1.165) is 76.4 Å². The van der Waals surface area contributed by atoms with Gasteiger partial charge in [-0.2, -0.15) is 0 Å². The van der Waals surface area contributed by atoms with Crippen LogP contribution in [0.5, 0.6) is 0 Å². The van der Waals surface area contributed by atoms with Crippen LogP contribution in [0.2, 0.25) is 0 Å². The van der Waals surface area contributed by atoms with Crippen molar-refractivity contribution in [2.24, 2.45) is 0 Å². The summed E-state index contributed by atoms with van der Waals surface area (Å²) in [5.41, 5.74) is 1.85. The number of hydrogen-bond donors (Lipinski definition) is 2. The molecule has 2 amide bonds. The van der Waals surface area contributed by atoms with Gasteiger partial charge in [0, 0.05) is 16.2 Å². The fourth-order valence-electron chi connectivity index (χ4n) is 10.0. The van der Waals surface area contributed by atoms with Gasteiger partial charge in [0.25, 0.3) is 22.9 Å². The average Bonchev–Trinajstić information content (AvgIpc) is 3.49. The number of unbranched alkanes of at least 4 members (excludes halogenated alkanes) is 20. The summed E-state index contributed by atoms with van der Waals surface area (Å²) in [6.07, 6.45) is 29.0. The van der Waals surface area contributed by atoms with Crippen LogP contribution in [0.4, 0.5) is 0 Å². The molecule has 0 fully saturated rings. The van der Waals surface area contributed by atoms with Crippen molar-refractivity contribution in [3.8, 4) is 0 Å². The molecule has 0 spiro atoms. The van der Waals surface area contributed by atoms with Crippen LogP contribution in [0.3, 0.4) is 0 Å². The quantitative estimate of drug-likeness (QED) is 0.0278. The van der Waals surface area contributed by atoms with Gasteiger partial charge in [-0.3, -0.25) is 29.5 Å². The minimum atomic E-state index is -0.600. The molecule has 7 rings (SSSR count). The first-order valence-electron chi connectivity index (χ1n) is 22.4. The summed E-state index contributed by atoms with van der Waals surface area (Å²) in [5, 5.41) is 10.2. The van der Waals surface area contributed by atoms with Crippen LogP contribution in [0, 0.1) is 0 Å². The van der Waals surface area contributed by atoms with Gasteiger partial charge < -0.3 is 0 Å². The molecule has 5 aromatic carbocycles. The second kappa shape index (κ2) is 18.7. The highest BCUT2D eigenvalue weighted by atomic mass is 16.2. The Bertz CT molecular complexity index is 2420. The van der Waals surface area contributed by atoms with Crippen LogP contribution >= 0.6 is 0 Å². The van der Waals surface area contributed by atoms with Gasteiger partial charge in [-0.25, -0.2) is 0 Å². The first-order valence-corrected chi connectivity index (χ1v) is 22.4. The Hall–Kier alpha value is -4.32. The van der Waals surface area contributed by atoms with Crippen molar-refractivity contribution in [3.63, 3.8) is 0 Å². The van der Waals surface area contributed by atoms with Gasteiger partial charge in [-0.15, -0.1) is 0 Å². The number of H-pyrrole nitrogens is 1. The van der Waals surface area contributed by atoms with Gasteiger partial charge in [0.15, 0.2) is 0 Å². The lowest BCUT2D eigenvalue weighted by atomic mass is 9.77. The number of nitrogens with one attached hydrogen (secondary N) is 2. The Morgan fingerprint density at radius 3 is 1.38 bits per heavy atom. The number of hydrogen-bond acceptors (Lipinski definition) is 4. The minimum absolute atomic E-state index is 0.102. The van der Waals surface area contributed by atoms with Crippen LogP contribution in [0.1, 0.15) is 187 Å². The lowest BCUT2D eigenvalue weighted by Crippen LogP contribution is -2.36. The molecule has 6 heteroatoms. The summed E-state index contributed by atoms with van der Waals surface area (Å²) < 4.78 is 0. The lowest BCUT2D eigenvalue weighted by Gasteiger charge is -2.27. The number of fused-ring (bicyclic) bond motifs is 5. The number of benzene rings is 5. The van der Waals surface area contributed by atoms with Crippen LogP contribution in [0.25, 0.3) is 53.9 Å². The third-order valence-electron chi connectivity index (χ3n) is 12.8. The van der Waals surface area contributed by atoms with Crippen molar-refractivity contribution in [2.75, 3.05) is 0 Å². The number of carbonyl (C=O) groups excluding carboxylic acids is 2. The zero-order valence-electron chi connectivity index (χ0n) is 34.1. The molecular weight excluding hydrogens is 693 g/mol. The number of carbonyl (C=O) groups is 2. The Labute approximate surface area is 331 Å². The molecule has 6 nitrogen and oxygen atoms in total. The molecule has 1 aromatic heterocycles. The predicted molar refractivity (Wildman–Crippen MR) is 235 cm³/mol. The molecule has 0 saturated carbocycles. The topological polar surface area (TPSA) is 96.1 Å². The van der Waals surface area contributed by atoms with Crippen molar-refractivity contribution >= 4 is 65.7 Å². The first kappa shape index (κ1) is 39.9. The fraction of sp³-hybridized carbons (Fsp3) is 0.520. The minimum Gasteiger partial charge on any atom is -0.288 e. The van der Waals surface area contributed by atoms with Crippen LogP contribution in [0.15, 0.2) is 46.0 Å². The standard InChI is InChI=1S/C50H62N2O4/c1-3-5-7-9-11-13-15-17-19-21-23-29-34-35(30-24-22-20-18-16-14-12-10-8-6-4-2)41-43-42-39(34)36-31-25-27-33-28-26-32-37(38(33)36)40(42)44-46(50(56)52-48(44)54)45(43)49(55)51-47(41)53/h25-28,31-32H,3-24,29-30H2,1-2H3,(H,51,53,55)(H,52,54,56). The van der Waals surface area contributed by atoms with Crippen LogP contribution < -0.4 is 16.4 Å². The summed E-state index contributed by atoms with van der Waals surface area (Å²) in [6, 6.07) is 12.5. The zero-order valence-corrected chi connectivity index (χ0v) is 34.1. The molecule has 0 aliphatic carbocycles. The van der Waals surface area contributed by atoms with Crippen LogP contribution in [-0.4, -0.2) is 16.8 Å². The van der Waals surface area contributed by atoms with Crippen molar-refractivity contribution in [3.05, 3.63) is 79.4 Å². The third kappa shape index (κ3) is 7.95. The monoisotopic (exact) mass is 754 g/mol. The molecule has 1 aliphatic rings. The Kier molecular flexibility index (Phi) is 13.4. The van der Waals surface area contributed by atoms with Gasteiger partial charge in [-0.05, 0) is 63.7 Å². The van der Waals surface area contributed by atoms with Crippen molar-refractivity contribution in [1.29, 1.82) is 0 Å². The molecule has 56 heavy (non-hydrogen) atoms. The molecule has 0 unspecified atom stereocenters. The molecule has 1 aliphatic heterocycles. The van der Waals surface area contributed by atoms with Gasteiger partial charge in [0.2, 0.25) is 0 Å². The second-order valence-electron chi connectivity index (χ2n) is 16.8. The van der Waals surface area contributed by atoms with E-state index in [1.165, 1.54) is 121 Å². The SMILES string of the molecule is CCCCCCCCCCCCCc1c2c3c(c4c(=O)[nH]c(=O)c4c4c5cccc6cccc(c(c1CCCCCCCCCCCCC)c34)c65)C(=O)NC2=O. The third-order valence-corrected chi connectivity index (χ3v) is 12.8. The van der Waals surface area contributed by atoms with Crippen LogP contribution in [-0.2, 0) is 12.8 Å². The second-order valence-corrected chi connectivity index (χ2v) is 16.8. The number of aromatic nitrogens is 1. The predicted octanol–water partition coefficient (Wildman–Crippen LogP) is 13.0. The molecule has 2 heterocycles. The number of imide groups is 1. The van der Waals surface area contributed by atoms with Crippen molar-refractivity contribution in [2.45, 2.75) is 168 Å². The lowest BCUT2D eigenvalue weighted by molar-refractivity contribution is 0.0845. The van der Waals surface area contributed by atoms with Gasteiger partial charge >= 0.3 is 0 Å². The zero-order chi connectivity index (χ0) is 39.0. The van der Waals surface area contributed by atoms with E-state index in [9.17, 15) is 19.2 Å². The highest BCUT2D eigenvalue weighted by Gasteiger charge is 2.36. The molecule has 0 radical (unpaired) electrons. The molecular formula is C50H62N2O4. The van der Waals surface area contributed by atoms with E-state index >= 15 is 0 Å². The summed E-state index contributed by atoms with van der Waals surface area (Å²) in [4.78, 5) is 58.0. The number of aryl methyl sites for hydroxylation is 1. The maximum Gasteiger partial charge on any atom is 0.259 e. The maximum absolute atomic E-state index is 14.2. The Morgan fingerprint density at radius 2 is 0.839 bits per heavy atom. The van der Waals surface area contributed by atoms with Crippen molar-refractivity contribution < 1.29 is 9.59 Å². The summed E-state index contributed by atoms with van der Waals surface area (Å²) in [5.74, 6) is -0.989. The molecule has 2 N–H and O–H groups in total. The summed E-state index contributed by atoms with van der Waals surface area (Å²) in [6.45, 7) is 4.53. The molecule has 0 bridgehead atoms. The average molecular weight is 755 g/mol. The number of rotatable bonds is 24. The molecule has 6 aromatic rings. The highest BCUT2D eigenvalue weighted by Crippen LogP contribution is 2.49. The van der Waals surface area contributed by atoms with Gasteiger partial charge in [-0.1, -0.05) is 179 Å². The van der Waals surface area contributed by atoms with E-state index in [2.05, 4.69) is 48.4 Å². The number of aromatic amines is 1. The van der Waals surface area contributed by atoms with E-state index in [-0.39, 0.29) is 22.2 Å². The summed E-state index contributed by atoms with van der Waals surface area (Å²) >= 11 is 0. The van der Waals surface area contributed by atoms with E-state index in [1.807, 2.05) is 12.1 Å². The highest BCUT2D eigenvalue weighted by molar-refractivity contribution is 6.45. The number of amides is 2. The van der Waals surface area contributed by atoms with E-state index < -0.39 is 17.0 Å². The van der Waals surface area contributed by atoms with E-state index in [0.29, 0.717) is 16.3 Å². The largest absolute Gasteiger partial charge is 0.288 e. The van der Waals surface area contributed by atoms with E-state index in [4.69, 9.17) is 0 Å². The Balaban J connectivity index is 1.28. The molecule has 0 saturated heterocycles. The maximum atomic E-state index is 14.2. The molecule has 296 valence electrons. The summed E-state index contributed by atoms with van der Waals surface area (Å²) in [7, 11) is 0. The first-order chi connectivity index (χ1) is 27.5. The van der Waals surface area contributed by atoms with Gasteiger partial charge in [0.05, 0.1) is 21.9 Å². The van der Waals surface area contributed by atoms with E-state index in [1.54, 1.807) is 0 Å². The fourth-order valence-corrected chi connectivity index (χ4v) is 10.0. The molecule has 0 atom stereocenters. The Morgan fingerprint density at radius 1 is 0.393 bits per heavy atom. The normalized spacial score (nSPS) is 13.1.